The number of halogens is 3. The Hall–Kier alpha value is -1.27. The Labute approximate surface area is 58.5 Å². The largest absolute Gasteiger partial charge is 0.496 e. The predicted octanol–water partition coefficient (Wildman–Crippen LogP) is 0.485. The number of amides is 2. The predicted molar refractivity (Wildman–Crippen MR) is 24.2 cm³/mol. The van der Waals surface area contributed by atoms with Gasteiger partial charge >= 0.3 is 12.4 Å². The van der Waals surface area contributed by atoms with Crippen LogP contribution in [0, 0.1) is 0 Å². The SMILES string of the molecule is O=C1COC(=O)N1C(F)(F)F. The van der Waals surface area contributed by atoms with Crippen molar-refractivity contribution in [2.45, 2.75) is 6.30 Å². The second-order valence-corrected chi connectivity index (χ2v) is 1.75. The Balaban J connectivity index is 2.85. The highest BCUT2D eigenvalue weighted by Crippen LogP contribution is 2.24. The lowest BCUT2D eigenvalue weighted by Crippen LogP contribution is -2.41. The van der Waals surface area contributed by atoms with Crippen molar-refractivity contribution in [2.75, 3.05) is 6.61 Å². The summed E-state index contributed by atoms with van der Waals surface area (Å²) in [6.45, 7) is -0.835. The van der Waals surface area contributed by atoms with E-state index >= 15 is 0 Å². The van der Waals surface area contributed by atoms with Gasteiger partial charge in [0.1, 0.15) is 0 Å². The van der Waals surface area contributed by atoms with Crippen molar-refractivity contribution in [2.24, 2.45) is 0 Å². The number of cyclic esters (lactones) is 1. The Morgan fingerprint density at radius 2 is 1.91 bits per heavy atom. The summed E-state index contributed by atoms with van der Waals surface area (Å²) >= 11 is 0. The third-order valence-electron chi connectivity index (χ3n) is 1.00. The minimum Gasteiger partial charge on any atom is -0.439 e. The lowest BCUT2D eigenvalue weighted by atomic mass is 10.6. The van der Waals surface area contributed by atoms with Gasteiger partial charge in [0.2, 0.25) is 0 Å². The molecule has 0 N–H and O–H groups in total. The van der Waals surface area contributed by atoms with Crippen LogP contribution in [-0.2, 0) is 9.53 Å². The zero-order valence-electron chi connectivity index (χ0n) is 5.01. The number of hydrogen-bond acceptors (Lipinski definition) is 3. The minimum absolute atomic E-state index is 0.835. The molecule has 0 saturated carbocycles. The van der Waals surface area contributed by atoms with Crippen LogP contribution < -0.4 is 0 Å². The molecule has 0 radical (unpaired) electrons. The molecule has 11 heavy (non-hydrogen) atoms. The molecule has 1 heterocycles. The molecule has 1 aliphatic rings. The van der Waals surface area contributed by atoms with Crippen molar-refractivity contribution in [1.82, 2.24) is 4.90 Å². The van der Waals surface area contributed by atoms with Gasteiger partial charge in [-0.3, -0.25) is 4.79 Å². The van der Waals surface area contributed by atoms with E-state index in [1.807, 2.05) is 0 Å². The molecule has 0 spiro atoms. The molecular weight excluding hydrogens is 167 g/mol. The van der Waals surface area contributed by atoms with Gasteiger partial charge in [0, 0.05) is 0 Å². The summed E-state index contributed by atoms with van der Waals surface area (Å²) in [5.74, 6) is -1.39. The molecular formula is C4H2F3NO3. The Bertz CT molecular complexity index is 195. The molecule has 1 rings (SSSR count). The average molecular weight is 169 g/mol. The molecule has 7 heteroatoms. The standard InChI is InChI=1S/C4H2F3NO3/c5-4(6,7)8-2(9)1-11-3(8)10/h1H2. The van der Waals surface area contributed by atoms with Crippen LogP contribution in [0.2, 0.25) is 0 Å². The van der Waals surface area contributed by atoms with Crippen molar-refractivity contribution in [3.63, 3.8) is 0 Å². The van der Waals surface area contributed by atoms with Crippen LogP contribution in [-0.4, -0.2) is 29.8 Å². The van der Waals surface area contributed by atoms with Crippen LogP contribution in [0.5, 0.6) is 0 Å². The van der Waals surface area contributed by atoms with E-state index in [1.54, 1.807) is 0 Å². The number of rotatable bonds is 0. The zero-order chi connectivity index (χ0) is 8.65. The van der Waals surface area contributed by atoms with Crippen LogP contribution >= 0.6 is 0 Å². The molecule has 62 valence electrons. The molecule has 0 atom stereocenters. The first-order valence-corrected chi connectivity index (χ1v) is 2.49. The number of ether oxygens (including phenoxy) is 1. The number of imide groups is 1. The average Bonchev–Trinajstić information content (AvgIpc) is 2.08. The van der Waals surface area contributed by atoms with Gasteiger partial charge in [-0.05, 0) is 0 Å². The van der Waals surface area contributed by atoms with E-state index in [0.717, 1.165) is 0 Å². The first-order chi connectivity index (χ1) is 4.93. The number of carbonyl (C=O) groups is 2. The van der Waals surface area contributed by atoms with Crippen molar-refractivity contribution in [3.05, 3.63) is 0 Å². The highest BCUT2D eigenvalue weighted by Gasteiger charge is 2.50. The fourth-order valence-electron chi connectivity index (χ4n) is 0.599. The minimum atomic E-state index is -4.97. The van der Waals surface area contributed by atoms with Gasteiger partial charge in [-0.15, -0.1) is 13.2 Å². The van der Waals surface area contributed by atoms with E-state index in [4.69, 9.17) is 0 Å². The van der Waals surface area contributed by atoms with E-state index < -0.39 is 29.8 Å². The topological polar surface area (TPSA) is 46.6 Å². The van der Waals surface area contributed by atoms with E-state index in [1.165, 1.54) is 0 Å². The van der Waals surface area contributed by atoms with Gasteiger partial charge in [0.25, 0.3) is 5.91 Å². The lowest BCUT2D eigenvalue weighted by molar-refractivity contribution is -0.219. The summed E-state index contributed by atoms with van der Waals surface area (Å²) in [6.07, 6.45) is -6.63. The third kappa shape index (κ3) is 1.26. The van der Waals surface area contributed by atoms with Crippen LogP contribution in [0.15, 0.2) is 0 Å². The van der Waals surface area contributed by atoms with Crippen LogP contribution in [0.1, 0.15) is 0 Å². The van der Waals surface area contributed by atoms with Crippen molar-refractivity contribution >= 4 is 12.0 Å². The summed E-state index contributed by atoms with van der Waals surface area (Å²) in [7, 11) is 0. The molecule has 2 amide bonds. The Morgan fingerprint density at radius 1 is 1.36 bits per heavy atom. The van der Waals surface area contributed by atoms with Crippen molar-refractivity contribution < 1.29 is 27.5 Å². The van der Waals surface area contributed by atoms with Crippen LogP contribution in [0.4, 0.5) is 18.0 Å². The van der Waals surface area contributed by atoms with E-state index in [2.05, 4.69) is 4.74 Å². The van der Waals surface area contributed by atoms with Gasteiger partial charge < -0.3 is 4.74 Å². The second-order valence-electron chi connectivity index (χ2n) is 1.75. The summed E-state index contributed by atoms with van der Waals surface area (Å²) in [5.41, 5.74) is 0. The number of carbonyl (C=O) groups excluding carboxylic acids is 2. The second kappa shape index (κ2) is 2.11. The van der Waals surface area contributed by atoms with Gasteiger partial charge in [-0.1, -0.05) is 0 Å². The summed E-state index contributed by atoms with van der Waals surface area (Å²) in [5, 5.41) is 0. The maximum Gasteiger partial charge on any atom is 0.496 e. The quantitative estimate of drug-likeness (QED) is 0.495. The zero-order valence-corrected chi connectivity index (χ0v) is 5.01. The maximum atomic E-state index is 11.7. The van der Waals surface area contributed by atoms with Crippen LogP contribution in [0.3, 0.4) is 0 Å². The molecule has 0 aliphatic carbocycles. The fraction of sp³-hybridized carbons (Fsp3) is 0.500. The van der Waals surface area contributed by atoms with Gasteiger partial charge in [0.05, 0.1) is 0 Å². The Morgan fingerprint density at radius 3 is 2.09 bits per heavy atom. The number of hydrogen-bond donors (Lipinski definition) is 0. The maximum absolute atomic E-state index is 11.7. The molecule has 0 aromatic heterocycles. The molecule has 1 aliphatic heterocycles. The van der Waals surface area contributed by atoms with E-state index in [0.29, 0.717) is 0 Å². The Kier molecular flexibility index (Phi) is 1.50. The molecule has 0 aromatic rings. The van der Waals surface area contributed by atoms with E-state index in [-0.39, 0.29) is 0 Å². The first kappa shape index (κ1) is 7.83. The molecule has 0 unspecified atom stereocenters. The van der Waals surface area contributed by atoms with Gasteiger partial charge in [-0.25, -0.2) is 4.79 Å². The number of nitrogens with zero attached hydrogens (tertiary/aromatic N) is 1. The van der Waals surface area contributed by atoms with Gasteiger partial charge in [0.15, 0.2) is 6.61 Å². The summed E-state index contributed by atoms with van der Waals surface area (Å²) in [6, 6.07) is 0. The number of alkyl halides is 3. The van der Waals surface area contributed by atoms with Gasteiger partial charge in [-0.2, -0.15) is 4.90 Å². The smallest absolute Gasteiger partial charge is 0.439 e. The molecule has 1 fully saturated rings. The van der Waals surface area contributed by atoms with E-state index in [9.17, 15) is 22.8 Å². The van der Waals surface area contributed by atoms with Crippen LogP contribution in [0.25, 0.3) is 0 Å². The molecule has 1 saturated heterocycles. The normalized spacial score (nSPS) is 19.0. The van der Waals surface area contributed by atoms with Crippen molar-refractivity contribution in [3.8, 4) is 0 Å². The molecule has 4 nitrogen and oxygen atoms in total. The monoisotopic (exact) mass is 169 g/mol. The molecule has 0 bridgehead atoms. The first-order valence-electron chi connectivity index (χ1n) is 2.49. The fourth-order valence-corrected chi connectivity index (χ4v) is 0.599. The highest BCUT2D eigenvalue weighted by molar-refractivity contribution is 5.98. The van der Waals surface area contributed by atoms with Crippen molar-refractivity contribution in [1.29, 1.82) is 0 Å². The molecule has 0 aromatic carbocycles. The summed E-state index contributed by atoms with van der Waals surface area (Å²) < 4.78 is 38.8. The summed E-state index contributed by atoms with van der Waals surface area (Å²) in [4.78, 5) is 19.6. The third-order valence-corrected chi connectivity index (χ3v) is 1.00. The highest BCUT2D eigenvalue weighted by atomic mass is 19.4. The lowest BCUT2D eigenvalue weighted by Gasteiger charge is -2.13.